The number of rotatable bonds is 12. The van der Waals surface area contributed by atoms with E-state index in [9.17, 15) is 8.42 Å². The molecule has 3 rings (SSSR count). The van der Waals surface area contributed by atoms with Crippen LogP contribution in [-0.4, -0.2) is 40.2 Å². The Labute approximate surface area is 200 Å². The highest BCUT2D eigenvalue weighted by atomic mass is 32.2. The van der Waals surface area contributed by atoms with Crippen LogP contribution in [0, 0.1) is 5.41 Å². The number of amidine groups is 1. The molecule has 0 aliphatic rings. The molecule has 0 amide bonds. The first-order chi connectivity index (χ1) is 16.3. The van der Waals surface area contributed by atoms with E-state index in [4.69, 9.17) is 20.6 Å². The van der Waals surface area contributed by atoms with Crippen molar-refractivity contribution in [2.45, 2.75) is 13.5 Å². The third-order valence-electron chi connectivity index (χ3n) is 5.22. The van der Waals surface area contributed by atoms with Crippen LogP contribution in [0.3, 0.4) is 0 Å². The Bertz CT molecular complexity index is 1200. The predicted octanol–water partition coefficient (Wildman–Crippen LogP) is 3.64. The fraction of sp³-hybridized carbons (Fsp3) is 0.240. The molecule has 0 bridgehead atoms. The topological polar surface area (TPSA) is 118 Å². The first-order valence-corrected chi connectivity index (χ1v) is 12.5. The quantitative estimate of drug-likeness (QED) is 0.268. The fourth-order valence-corrected chi connectivity index (χ4v) is 3.93. The molecule has 0 unspecified atom stereocenters. The van der Waals surface area contributed by atoms with Gasteiger partial charge in [0.1, 0.15) is 12.4 Å². The van der Waals surface area contributed by atoms with Crippen LogP contribution in [0.15, 0.2) is 72.8 Å². The van der Waals surface area contributed by atoms with Gasteiger partial charge in [-0.2, -0.15) is 0 Å². The molecule has 8 nitrogen and oxygen atoms in total. The molecule has 0 aromatic heterocycles. The van der Waals surface area contributed by atoms with Crippen molar-refractivity contribution < 1.29 is 17.9 Å². The zero-order valence-electron chi connectivity index (χ0n) is 19.3. The number of hydrogen-bond acceptors (Lipinski definition) is 6. The monoisotopic (exact) mass is 482 g/mol. The van der Waals surface area contributed by atoms with Gasteiger partial charge < -0.3 is 20.1 Å². The Morgan fingerprint density at radius 3 is 2.29 bits per heavy atom. The van der Waals surface area contributed by atoms with Crippen LogP contribution in [-0.2, 0) is 16.6 Å². The Morgan fingerprint density at radius 1 is 1.00 bits per heavy atom. The lowest BCUT2D eigenvalue weighted by atomic mass is 10.1. The number of anilines is 2. The van der Waals surface area contributed by atoms with Crippen molar-refractivity contribution in [2.75, 3.05) is 30.9 Å². The number of nitrogen functional groups attached to an aromatic ring is 1. The van der Waals surface area contributed by atoms with Crippen molar-refractivity contribution in [2.24, 2.45) is 5.73 Å². The number of hydrogen-bond donors (Lipinski definition) is 3. The number of methoxy groups -OCH3 is 1. The third-order valence-corrected chi connectivity index (χ3v) is 6.63. The highest BCUT2D eigenvalue weighted by molar-refractivity contribution is 7.89. The van der Waals surface area contributed by atoms with Gasteiger partial charge in [0.15, 0.2) is 11.5 Å². The van der Waals surface area contributed by atoms with Gasteiger partial charge in [-0.25, -0.2) is 13.1 Å². The lowest BCUT2D eigenvalue weighted by Crippen LogP contribution is -2.33. The van der Waals surface area contributed by atoms with E-state index >= 15 is 0 Å². The van der Waals surface area contributed by atoms with Crippen LogP contribution in [0.1, 0.15) is 18.1 Å². The standard InChI is InChI=1S/C25H30N4O4S/c1-3-34(30,31)28-15-16-29(21-11-9-20(10-12-21)25(26)27)22-13-14-23(24(17-22)32-2)33-18-19-7-5-4-6-8-19/h4-14,17,28H,3,15-16,18H2,1-2H3,(H3,26,27). The molecule has 0 radical (unpaired) electrons. The second-order valence-electron chi connectivity index (χ2n) is 7.52. The lowest BCUT2D eigenvalue weighted by molar-refractivity contribution is 0.284. The summed E-state index contributed by atoms with van der Waals surface area (Å²) in [6, 6.07) is 22.7. The Kier molecular flexibility index (Phi) is 8.50. The number of nitrogens with zero attached hydrogens (tertiary/aromatic N) is 1. The van der Waals surface area contributed by atoms with Gasteiger partial charge >= 0.3 is 0 Å². The molecule has 180 valence electrons. The molecule has 0 atom stereocenters. The summed E-state index contributed by atoms with van der Waals surface area (Å²) in [7, 11) is -1.74. The number of nitrogens with one attached hydrogen (secondary N) is 2. The molecule has 34 heavy (non-hydrogen) atoms. The van der Waals surface area contributed by atoms with Gasteiger partial charge in [0.25, 0.3) is 0 Å². The zero-order valence-corrected chi connectivity index (χ0v) is 20.1. The molecule has 3 aromatic carbocycles. The number of benzene rings is 3. The van der Waals surface area contributed by atoms with E-state index in [0.29, 0.717) is 30.2 Å². The average Bonchev–Trinajstić information content (AvgIpc) is 2.86. The van der Waals surface area contributed by atoms with Crippen LogP contribution in [0.5, 0.6) is 11.5 Å². The molecule has 0 fully saturated rings. The summed E-state index contributed by atoms with van der Waals surface area (Å²) >= 11 is 0. The summed E-state index contributed by atoms with van der Waals surface area (Å²) in [5.74, 6) is 1.17. The van der Waals surface area contributed by atoms with Crippen LogP contribution in [0.4, 0.5) is 11.4 Å². The van der Waals surface area contributed by atoms with Crippen molar-refractivity contribution in [3.05, 3.63) is 83.9 Å². The minimum atomic E-state index is -3.32. The number of sulfonamides is 1. The lowest BCUT2D eigenvalue weighted by Gasteiger charge is -2.26. The molecule has 0 spiro atoms. The molecule has 9 heteroatoms. The second kappa shape index (κ2) is 11.5. The van der Waals surface area contributed by atoms with E-state index in [1.807, 2.05) is 65.6 Å². The predicted molar refractivity (Wildman–Crippen MR) is 136 cm³/mol. The number of ether oxygens (including phenoxy) is 2. The maximum atomic E-state index is 11.9. The van der Waals surface area contributed by atoms with E-state index in [-0.39, 0.29) is 18.1 Å². The van der Waals surface area contributed by atoms with Gasteiger partial charge in [-0.15, -0.1) is 0 Å². The van der Waals surface area contributed by atoms with E-state index in [1.54, 1.807) is 26.2 Å². The van der Waals surface area contributed by atoms with E-state index < -0.39 is 10.0 Å². The average molecular weight is 483 g/mol. The van der Waals surface area contributed by atoms with Crippen LogP contribution in [0.2, 0.25) is 0 Å². The summed E-state index contributed by atoms with van der Waals surface area (Å²) in [5, 5.41) is 7.61. The molecule has 0 saturated carbocycles. The van der Waals surface area contributed by atoms with Gasteiger partial charge in [0.2, 0.25) is 10.0 Å². The van der Waals surface area contributed by atoms with Gasteiger partial charge in [0, 0.05) is 36.1 Å². The number of nitrogens with two attached hydrogens (primary N) is 1. The first-order valence-electron chi connectivity index (χ1n) is 10.9. The molecule has 3 aromatic rings. The molecular weight excluding hydrogens is 452 g/mol. The van der Waals surface area contributed by atoms with Crippen LogP contribution >= 0.6 is 0 Å². The normalized spacial score (nSPS) is 11.1. The van der Waals surface area contributed by atoms with Crippen LogP contribution in [0.25, 0.3) is 0 Å². The largest absolute Gasteiger partial charge is 0.493 e. The molecule has 0 aliphatic carbocycles. The van der Waals surface area contributed by atoms with E-state index in [0.717, 1.165) is 16.9 Å². The Hall–Kier alpha value is -3.56. The summed E-state index contributed by atoms with van der Waals surface area (Å²) in [6.07, 6.45) is 0. The van der Waals surface area contributed by atoms with Crippen LogP contribution < -0.4 is 24.8 Å². The van der Waals surface area contributed by atoms with Crippen molar-refractivity contribution in [1.29, 1.82) is 5.41 Å². The highest BCUT2D eigenvalue weighted by Gasteiger charge is 2.15. The smallest absolute Gasteiger partial charge is 0.211 e. The van der Waals surface area contributed by atoms with Gasteiger partial charge in [-0.1, -0.05) is 30.3 Å². The van der Waals surface area contributed by atoms with Gasteiger partial charge in [-0.05, 0) is 48.9 Å². The minimum absolute atomic E-state index is 0.0155. The zero-order chi connectivity index (χ0) is 24.6. The highest BCUT2D eigenvalue weighted by Crippen LogP contribution is 2.35. The summed E-state index contributed by atoms with van der Waals surface area (Å²) in [6.45, 7) is 2.61. The SMILES string of the molecule is CCS(=O)(=O)NCCN(c1ccc(C(=N)N)cc1)c1ccc(OCc2ccccc2)c(OC)c1. The van der Waals surface area contributed by atoms with E-state index in [1.165, 1.54) is 0 Å². The van der Waals surface area contributed by atoms with Crippen molar-refractivity contribution in [3.63, 3.8) is 0 Å². The fourth-order valence-electron chi connectivity index (χ4n) is 3.32. The summed E-state index contributed by atoms with van der Waals surface area (Å²) < 4.78 is 38.0. The Morgan fingerprint density at radius 2 is 1.68 bits per heavy atom. The van der Waals surface area contributed by atoms with Gasteiger partial charge in [-0.3, -0.25) is 5.41 Å². The van der Waals surface area contributed by atoms with Crippen molar-refractivity contribution in [3.8, 4) is 11.5 Å². The third kappa shape index (κ3) is 6.72. The summed E-state index contributed by atoms with van der Waals surface area (Å²) in [5.41, 5.74) is 8.86. The molecule has 4 N–H and O–H groups in total. The minimum Gasteiger partial charge on any atom is -0.493 e. The molecular formula is C25H30N4O4S. The second-order valence-corrected chi connectivity index (χ2v) is 9.61. The molecule has 0 aliphatic heterocycles. The summed E-state index contributed by atoms with van der Waals surface area (Å²) in [4.78, 5) is 1.96. The molecule has 0 heterocycles. The van der Waals surface area contributed by atoms with E-state index in [2.05, 4.69) is 4.72 Å². The first kappa shape index (κ1) is 25.1. The van der Waals surface area contributed by atoms with Gasteiger partial charge in [0.05, 0.1) is 12.9 Å². The maximum Gasteiger partial charge on any atom is 0.211 e. The Balaban J connectivity index is 1.86. The van der Waals surface area contributed by atoms with Crippen molar-refractivity contribution >= 4 is 27.2 Å². The maximum absolute atomic E-state index is 11.9. The molecule has 0 saturated heterocycles. The van der Waals surface area contributed by atoms with Crippen molar-refractivity contribution in [1.82, 2.24) is 4.72 Å².